The normalized spacial score (nSPS) is 14.5. The number of para-hydroxylation sites is 1. The van der Waals surface area contributed by atoms with Crippen molar-refractivity contribution in [3.05, 3.63) is 59.7 Å². The molecule has 5 nitrogen and oxygen atoms in total. The molecule has 0 saturated carbocycles. The predicted molar refractivity (Wildman–Crippen MR) is 116 cm³/mol. The zero-order valence-electron chi connectivity index (χ0n) is 17.3. The predicted octanol–water partition coefficient (Wildman–Crippen LogP) is 4.99. The van der Waals surface area contributed by atoms with E-state index in [1.165, 1.54) is 0 Å². The monoisotopic (exact) mass is 394 g/mol. The van der Waals surface area contributed by atoms with E-state index < -0.39 is 0 Å². The van der Waals surface area contributed by atoms with Crippen LogP contribution in [0.1, 0.15) is 60.2 Å². The number of hydrogen-bond acceptors (Lipinski definition) is 3. The van der Waals surface area contributed by atoms with Crippen molar-refractivity contribution in [2.75, 3.05) is 25.0 Å². The molecule has 1 fully saturated rings. The molecule has 154 valence electrons. The molecule has 1 saturated heterocycles. The Labute approximate surface area is 173 Å². The lowest BCUT2D eigenvalue weighted by Gasteiger charge is -2.30. The van der Waals surface area contributed by atoms with Gasteiger partial charge in [-0.15, -0.1) is 0 Å². The van der Waals surface area contributed by atoms with Crippen LogP contribution in [0.5, 0.6) is 5.75 Å². The number of rotatable bonds is 7. The van der Waals surface area contributed by atoms with E-state index in [9.17, 15) is 9.59 Å². The van der Waals surface area contributed by atoms with Crippen LogP contribution in [0.15, 0.2) is 48.5 Å². The average molecular weight is 395 g/mol. The second-order valence-corrected chi connectivity index (χ2v) is 7.70. The number of likely N-dealkylation sites (tertiary alicyclic amines) is 1. The molecule has 1 heterocycles. The van der Waals surface area contributed by atoms with Gasteiger partial charge in [0.05, 0.1) is 17.9 Å². The Morgan fingerprint density at radius 3 is 2.62 bits per heavy atom. The largest absolute Gasteiger partial charge is 0.494 e. The number of nitrogens with zero attached hydrogens (tertiary/aromatic N) is 1. The summed E-state index contributed by atoms with van der Waals surface area (Å²) < 4.78 is 5.70. The van der Waals surface area contributed by atoms with Gasteiger partial charge in [0, 0.05) is 18.7 Å². The van der Waals surface area contributed by atoms with Crippen LogP contribution in [0.2, 0.25) is 0 Å². The number of hydrogen-bond donors (Lipinski definition) is 1. The van der Waals surface area contributed by atoms with Gasteiger partial charge in [0.1, 0.15) is 5.75 Å². The van der Waals surface area contributed by atoms with E-state index >= 15 is 0 Å². The van der Waals surface area contributed by atoms with E-state index in [1.54, 1.807) is 24.3 Å². The van der Waals surface area contributed by atoms with Crippen molar-refractivity contribution in [3.63, 3.8) is 0 Å². The van der Waals surface area contributed by atoms with Crippen LogP contribution < -0.4 is 10.1 Å². The third kappa shape index (κ3) is 5.59. The number of amides is 2. The summed E-state index contributed by atoms with van der Waals surface area (Å²) in [5.41, 5.74) is 1.58. The molecular weight excluding hydrogens is 364 g/mol. The quantitative estimate of drug-likeness (QED) is 0.673. The second kappa shape index (κ2) is 10.1. The number of piperidine rings is 1. The molecule has 0 radical (unpaired) electrons. The van der Waals surface area contributed by atoms with Crippen LogP contribution in [0.3, 0.4) is 0 Å². The molecular formula is C24H30N2O3. The number of ether oxygens (including phenoxy) is 1. The van der Waals surface area contributed by atoms with Crippen LogP contribution in [-0.4, -0.2) is 36.4 Å². The highest BCUT2D eigenvalue weighted by Gasteiger charge is 2.23. The summed E-state index contributed by atoms with van der Waals surface area (Å²) in [5.74, 6) is 1.06. The zero-order chi connectivity index (χ0) is 20.6. The molecule has 5 heteroatoms. The number of nitrogens with one attached hydrogen (secondary N) is 1. The summed E-state index contributed by atoms with van der Waals surface area (Å²) >= 11 is 0. The Morgan fingerprint density at radius 1 is 1.10 bits per heavy atom. The number of anilines is 1. The fraction of sp³-hybridized carbons (Fsp3) is 0.417. The summed E-state index contributed by atoms with van der Waals surface area (Å²) in [6.07, 6.45) is 4.07. The topological polar surface area (TPSA) is 58.6 Å². The third-order valence-corrected chi connectivity index (χ3v) is 5.34. The van der Waals surface area contributed by atoms with E-state index in [1.807, 2.05) is 29.2 Å². The molecule has 0 atom stereocenters. The maximum absolute atomic E-state index is 13.0. The van der Waals surface area contributed by atoms with Gasteiger partial charge in [-0.05, 0) is 55.5 Å². The summed E-state index contributed by atoms with van der Waals surface area (Å²) in [7, 11) is 0. The minimum absolute atomic E-state index is 0.0237. The van der Waals surface area contributed by atoms with Gasteiger partial charge in [0.25, 0.3) is 11.8 Å². The van der Waals surface area contributed by atoms with Gasteiger partial charge in [-0.3, -0.25) is 9.59 Å². The Bertz CT molecular complexity index is 842. The molecule has 1 aliphatic heterocycles. The fourth-order valence-corrected chi connectivity index (χ4v) is 3.42. The SMILES string of the molecule is CCCCOc1cccc(C(=O)Nc2ccccc2C(=O)N2CCC(C)CC2)c1. The van der Waals surface area contributed by atoms with Gasteiger partial charge in [-0.1, -0.05) is 38.5 Å². The molecule has 0 unspecified atom stereocenters. The number of carbonyl (C=O) groups is 2. The lowest BCUT2D eigenvalue weighted by atomic mass is 9.98. The van der Waals surface area contributed by atoms with Crippen LogP contribution in [0.25, 0.3) is 0 Å². The molecule has 3 rings (SSSR count). The maximum Gasteiger partial charge on any atom is 0.255 e. The molecule has 2 aromatic carbocycles. The molecule has 1 aliphatic rings. The zero-order valence-corrected chi connectivity index (χ0v) is 17.3. The highest BCUT2D eigenvalue weighted by Crippen LogP contribution is 2.23. The summed E-state index contributed by atoms with van der Waals surface area (Å²) in [6, 6.07) is 14.4. The number of unbranched alkanes of at least 4 members (excludes halogenated alkanes) is 1. The first-order valence-corrected chi connectivity index (χ1v) is 10.5. The van der Waals surface area contributed by atoms with Crippen molar-refractivity contribution < 1.29 is 14.3 Å². The van der Waals surface area contributed by atoms with Gasteiger partial charge in [-0.25, -0.2) is 0 Å². The first kappa shape index (κ1) is 20.9. The highest BCUT2D eigenvalue weighted by atomic mass is 16.5. The third-order valence-electron chi connectivity index (χ3n) is 5.34. The van der Waals surface area contributed by atoms with Crippen molar-refractivity contribution >= 4 is 17.5 Å². The van der Waals surface area contributed by atoms with Gasteiger partial charge in [-0.2, -0.15) is 0 Å². The van der Waals surface area contributed by atoms with Gasteiger partial charge in [0.15, 0.2) is 0 Å². The van der Waals surface area contributed by atoms with Gasteiger partial charge in [0.2, 0.25) is 0 Å². The molecule has 0 spiro atoms. The Morgan fingerprint density at radius 2 is 1.86 bits per heavy atom. The fourth-order valence-electron chi connectivity index (χ4n) is 3.42. The van der Waals surface area contributed by atoms with Crippen LogP contribution in [0, 0.1) is 5.92 Å². The molecule has 1 N–H and O–H groups in total. The van der Waals surface area contributed by atoms with Crippen molar-refractivity contribution in [3.8, 4) is 5.75 Å². The minimum Gasteiger partial charge on any atom is -0.494 e. The standard InChI is InChI=1S/C24H30N2O3/c1-3-4-16-29-20-9-7-8-19(17-20)23(27)25-22-11-6-5-10-21(22)24(28)26-14-12-18(2)13-15-26/h5-11,17-18H,3-4,12-16H2,1-2H3,(H,25,27). The van der Waals surface area contributed by atoms with E-state index in [0.717, 1.165) is 38.8 Å². The highest BCUT2D eigenvalue weighted by molar-refractivity contribution is 6.09. The summed E-state index contributed by atoms with van der Waals surface area (Å²) in [6.45, 7) is 6.48. The summed E-state index contributed by atoms with van der Waals surface area (Å²) in [5, 5.41) is 2.91. The van der Waals surface area contributed by atoms with Crippen LogP contribution >= 0.6 is 0 Å². The smallest absolute Gasteiger partial charge is 0.255 e. The molecule has 29 heavy (non-hydrogen) atoms. The van der Waals surface area contributed by atoms with Crippen LogP contribution in [-0.2, 0) is 0 Å². The van der Waals surface area contributed by atoms with E-state index in [0.29, 0.717) is 35.1 Å². The molecule has 0 aliphatic carbocycles. The number of carbonyl (C=O) groups excluding carboxylic acids is 2. The first-order chi connectivity index (χ1) is 14.1. The Hall–Kier alpha value is -2.82. The molecule has 0 aromatic heterocycles. The Kier molecular flexibility index (Phi) is 7.28. The molecule has 2 amide bonds. The molecule has 2 aromatic rings. The van der Waals surface area contributed by atoms with Crippen molar-refractivity contribution in [1.82, 2.24) is 4.90 Å². The summed E-state index contributed by atoms with van der Waals surface area (Å²) in [4.78, 5) is 27.7. The Balaban J connectivity index is 1.71. The maximum atomic E-state index is 13.0. The lowest BCUT2D eigenvalue weighted by molar-refractivity contribution is 0.0698. The molecule has 0 bridgehead atoms. The van der Waals surface area contributed by atoms with E-state index in [-0.39, 0.29) is 11.8 Å². The van der Waals surface area contributed by atoms with Gasteiger partial charge >= 0.3 is 0 Å². The van der Waals surface area contributed by atoms with Crippen molar-refractivity contribution in [1.29, 1.82) is 0 Å². The minimum atomic E-state index is -0.251. The first-order valence-electron chi connectivity index (χ1n) is 10.5. The van der Waals surface area contributed by atoms with E-state index in [4.69, 9.17) is 4.74 Å². The number of benzene rings is 2. The second-order valence-electron chi connectivity index (χ2n) is 7.70. The lowest BCUT2D eigenvalue weighted by Crippen LogP contribution is -2.38. The average Bonchev–Trinajstić information content (AvgIpc) is 2.74. The van der Waals surface area contributed by atoms with Crippen LogP contribution in [0.4, 0.5) is 5.69 Å². The van der Waals surface area contributed by atoms with Crippen molar-refractivity contribution in [2.45, 2.75) is 39.5 Å². The van der Waals surface area contributed by atoms with Gasteiger partial charge < -0.3 is 15.0 Å². The van der Waals surface area contributed by atoms with E-state index in [2.05, 4.69) is 19.2 Å². The van der Waals surface area contributed by atoms with Crippen molar-refractivity contribution in [2.24, 2.45) is 5.92 Å².